The van der Waals surface area contributed by atoms with Crippen LogP contribution in [-0.4, -0.2) is 30.1 Å². The molecule has 0 aliphatic carbocycles. The summed E-state index contributed by atoms with van der Waals surface area (Å²) in [7, 11) is 1.43. The van der Waals surface area contributed by atoms with E-state index in [1.807, 2.05) is 0 Å². The van der Waals surface area contributed by atoms with Crippen molar-refractivity contribution in [3.63, 3.8) is 0 Å². The quantitative estimate of drug-likeness (QED) is 0.453. The van der Waals surface area contributed by atoms with Gasteiger partial charge in [-0.2, -0.15) is 0 Å². The Morgan fingerprint density at radius 1 is 1.70 bits per heavy atom. The van der Waals surface area contributed by atoms with Gasteiger partial charge in [-0.15, -0.1) is 0 Å². The third kappa shape index (κ3) is 3.03. The van der Waals surface area contributed by atoms with E-state index in [-0.39, 0.29) is 12.3 Å². The molecule has 0 aliphatic heterocycles. The van der Waals surface area contributed by atoms with Crippen molar-refractivity contribution < 1.29 is 14.7 Å². The Balaban J connectivity index is 3.68. The van der Waals surface area contributed by atoms with Crippen molar-refractivity contribution in [1.29, 1.82) is 0 Å². The molecule has 0 heterocycles. The van der Waals surface area contributed by atoms with Crippen LogP contribution in [0.3, 0.4) is 0 Å². The summed E-state index contributed by atoms with van der Waals surface area (Å²) < 4.78 is 0. The average molecular weight is 146 g/mol. The van der Waals surface area contributed by atoms with Gasteiger partial charge in [0, 0.05) is 7.05 Å². The summed E-state index contributed by atoms with van der Waals surface area (Å²) in [5.41, 5.74) is 5.03. The van der Waals surface area contributed by atoms with Gasteiger partial charge in [-0.05, 0) is 0 Å². The number of nitrogens with one attached hydrogen (secondary N) is 1. The van der Waals surface area contributed by atoms with E-state index in [2.05, 4.69) is 5.32 Å². The normalized spacial score (nSPS) is 12.2. The van der Waals surface area contributed by atoms with Crippen LogP contribution in [0.2, 0.25) is 0 Å². The van der Waals surface area contributed by atoms with Crippen LogP contribution in [0.25, 0.3) is 0 Å². The molecule has 1 amide bonds. The molecule has 5 nitrogen and oxygen atoms in total. The van der Waals surface area contributed by atoms with Crippen LogP contribution >= 0.6 is 0 Å². The van der Waals surface area contributed by atoms with Crippen LogP contribution < -0.4 is 11.1 Å². The highest BCUT2D eigenvalue weighted by Crippen LogP contribution is 1.86. The van der Waals surface area contributed by atoms with Crippen LogP contribution in [0.1, 0.15) is 6.42 Å². The van der Waals surface area contributed by atoms with E-state index >= 15 is 0 Å². The smallest absolute Gasteiger partial charge is 0.321 e. The number of hydrogen-bond acceptors (Lipinski definition) is 3. The third-order valence-corrected chi connectivity index (χ3v) is 1.00. The van der Waals surface area contributed by atoms with E-state index in [0.717, 1.165) is 0 Å². The van der Waals surface area contributed by atoms with Gasteiger partial charge >= 0.3 is 5.97 Å². The summed E-state index contributed by atoms with van der Waals surface area (Å²) in [5, 5.41) is 10.5. The summed E-state index contributed by atoms with van der Waals surface area (Å²) in [6.07, 6.45) is -0.175. The van der Waals surface area contributed by atoms with Gasteiger partial charge in [0.2, 0.25) is 5.91 Å². The predicted octanol–water partition coefficient (Wildman–Crippen LogP) is -1.47. The molecule has 10 heavy (non-hydrogen) atoms. The van der Waals surface area contributed by atoms with Crippen molar-refractivity contribution in [2.24, 2.45) is 5.73 Å². The molecule has 0 aliphatic rings. The maximum absolute atomic E-state index is 10.5. The average Bonchev–Trinajstić information content (AvgIpc) is 1.87. The Labute approximate surface area is 58.2 Å². The van der Waals surface area contributed by atoms with Crippen LogP contribution in [0.4, 0.5) is 0 Å². The van der Waals surface area contributed by atoms with Crippen molar-refractivity contribution >= 4 is 11.9 Å². The number of hydrogen-bond donors (Lipinski definition) is 3. The molecule has 0 fully saturated rings. The zero-order valence-electron chi connectivity index (χ0n) is 5.63. The fraction of sp³-hybridized carbons (Fsp3) is 0.600. The van der Waals surface area contributed by atoms with E-state index in [1.165, 1.54) is 7.05 Å². The van der Waals surface area contributed by atoms with E-state index in [4.69, 9.17) is 10.8 Å². The summed E-state index contributed by atoms with van der Waals surface area (Å²) >= 11 is 0. The molecule has 58 valence electrons. The summed E-state index contributed by atoms with van der Waals surface area (Å²) in [5.74, 6) is -1.53. The second-order valence-electron chi connectivity index (χ2n) is 1.82. The van der Waals surface area contributed by atoms with E-state index in [1.54, 1.807) is 0 Å². The zero-order valence-corrected chi connectivity index (χ0v) is 5.63. The van der Waals surface area contributed by atoms with Gasteiger partial charge in [-0.25, -0.2) is 0 Å². The zero-order chi connectivity index (χ0) is 8.15. The minimum atomic E-state index is -1.16. The Hall–Kier alpha value is -1.10. The van der Waals surface area contributed by atoms with Crippen molar-refractivity contribution in [3.05, 3.63) is 0 Å². The largest absolute Gasteiger partial charge is 0.480 e. The number of carboxylic acid groups (broad SMARTS) is 1. The molecule has 5 heteroatoms. The Bertz CT molecular complexity index is 146. The highest BCUT2D eigenvalue weighted by atomic mass is 16.4. The van der Waals surface area contributed by atoms with E-state index < -0.39 is 12.0 Å². The molecule has 0 bridgehead atoms. The molecular formula is C5H10N2O3. The van der Waals surface area contributed by atoms with E-state index in [0.29, 0.717) is 0 Å². The van der Waals surface area contributed by atoms with Crippen molar-refractivity contribution in [2.45, 2.75) is 12.5 Å². The predicted molar refractivity (Wildman–Crippen MR) is 34.3 cm³/mol. The van der Waals surface area contributed by atoms with Gasteiger partial charge < -0.3 is 16.2 Å². The fourth-order valence-corrected chi connectivity index (χ4v) is 0.389. The minimum Gasteiger partial charge on any atom is -0.480 e. The van der Waals surface area contributed by atoms with Crippen LogP contribution in [0.5, 0.6) is 0 Å². The molecular weight excluding hydrogens is 136 g/mol. The monoisotopic (exact) mass is 146 g/mol. The van der Waals surface area contributed by atoms with Crippen LogP contribution in [-0.2, 0) is 9.59 Å². The fourth-order valence-electron chi connectivity index (χ4n) is 0.389. The highest BCUT2D eigenvalue weighted by Gasteiger charge is 2.14. The van der Waals surface area contributed by atoms with Gasteiger partial charge in [0.25, 0.3) is 0 Å². The van der Waals surface area contributed by atoms with Crippen molar-refractivity contribution in [3.8, 4) is 0 Å². The van der Waals surface area contributed by atoms with E-state index in [9.17, 15) is 9.59 Å². The standard InChI is InChI=1S/C5H10N2O3/c1-7-4(8)2-3(6)5(9)10/h3H,2,6H2,1H3,(H,7,8)(H,9,10)/t3-/m1/s1. The second kappa shape index (κ2) is 3.84. The lowest BCUT2D eigenvalue weighted by Gasteiger charge is -2.03. The number of rotatable bonds is 3. The molecule has 0 unspecified atom stereocenters. The lowest BCUT2D eigenvalue weighted by Crippen LogP contribution is -2.35. The number of amides is 1. The Kier molecular flexibility index (Phi) is 3.42. The topological polar surface area (TPSA) is 92.4 Å². The molecule has 4 N–H and O–H groups in total. The molecule has 0 saturated carbocycles. The van der Waals surface area contributed by atoms with Crippen molar-refractivity contribution in [2.75, 3.05) is 7.05 Å². The van der Waals surface area contributed by atoms with Gasteiger partial charge in [0.05, 0.1) is 6.42 Å². The second-order valence-corrected chi connectivity index (χ2v) is 1.82. The molecule has 0 aromatic heterocycles. The molecule has 0 rings (SSSR count). The van der Waals surface area contributed by atoms with Gasteiger partial charge in [0.1, 0.15) is 6.04 Å². The molecule has 1 atom stereocenters. The first-order valence-electron chi connectivity index (χ1n) is 2.77. The molecule has 0 aromatic carbocycles. The number of nitrogens with two attached hydrogens (primary N) is 1. The molecule has 0 spiro atoms. The van der Waals surface area contributed by atoms with Crippen LogP contribution in [0.15, 0.2) is 0 Å². The first-order valence-corrected chi connectivity index (χ1v) is 2.77. The number of carbonyl (C=O) groups excluding carboxylic acids is 1. The van der Waals surface area contributed by atoms with Gasteiger partial charge in [0.15, 0.2) is 0 Å². The Morgan fingerprint density at radius 3 is 2.50 bits per heavy atom. The van der Waals surface area contributed by atoms with Gasteiger partial charge in [-0.3, -0.25) is 9.59 Å². The lowest BCUT2D eigenvalue weighted by molar-refractivity contribution is -0.140. The minimum absolute atomic E-state index is 0.175. The lowest BCUT2D eigenvalue weighted by atomic mass is 10.2. The molecule has 0 aromatic rings. The first-order chi connectivity index (χ1) is 4.57. The third-order valence-electron chi connectivity index (χ3n) is 1.00. The highest BCUT2D eigenvalue weighted by molar-refractivity contribution is 5.83. The molecule has 0 radical (unpaired) electrons. The summed E-state index contributed by atoms with van der Waals surface area (Å²) in [4.78, 5) is 20.5. The van der Waals surface area contributed by atoms with Crippen LogP contribution in [0, 0.1) is 0 Å². The number of carboxylic acids is 1. The van der Waals surface area contributed by atoms with Gasteiger partial charge in [-0.1, -0.05) is 0 Å². The Morgan fingerprint density at radius 2 is 2.20 bits per heavy atom. The number of carbonyl (C=O) groups is 2. The molecule has 0 saturated heterocycles. The summed E-state index contributed by atoms with van der Waals surface area (Å²) in [6, 6.07) is -1.10. The van der Waals surface area contributed by atoms with Crippen molar-refractivity contribution in [1.82, 2.24) is 5.32 Å². The maximum Gasteiger partial charge on any atom is 0.321 e. The maximum atomic E-state index is 10.5. The summed E-state index contributed by atoms with van der Waals surface area (Å²) in [6.45, 7) is 0. The SMILES string of the molecule is CNC(=O)C[C@@H](N)C(=O)O. The first kappa shape index (κ1) is 8.90. The number of aliphatic carboxylic acids is 1.